The molecule has 0 amide bonds. The third kappa shape index (κ3) is 5.93. The largest absolute Gasteiger partial charge is 0.402 e. The molecule has 1 saturated heterocycles. The first-order valence-electron chi connectivity index (χ1n) is 10.4. The molecular weight excluding hydrogens is 507 g/mol. The lowest BCUT2D eigenvalue weighted by Gasteiger charge is -2.27. The van der Waals surface area contributed by atoms with Gasteiger partial charge in [0.1, 0.15) is 17.8 Å². The topological polar surface area (TPSA) is 238 Å². The predicted molar refractivity (Wildman–Crippen MR) is 125 cm³/mol. The van der Waals surface area contributed by atoms with Gasteiger partial charge in [-0.3, -0.25) is 28.2 Å². The van der Waals surface area contributed by atoms with Gasteiger partial charge in [0.2, 0.25) is 5.95 Å². The monoisotopic (exact) mass is 536 g/mol. The molecule has 17 heteroatoms. The van der Waals surface area contributed by atoms with Crippen LogP contribution in [0.2, 0.25) is 0 Å². The number of imidazole rings is 1. The summed E-state index contributed by atoms with van der Waals surface area (Å²) in [7, 11) is -4.09. The van der Waals surface area contributed by atoms with Crippen molar-refractivity contribution in [2.75, 3.05) is 31.3 Å². The number of nitrogens with one attached hydrogen (secondary N) is 1. The Morgan fingerprint density at radius 2 is 2.14 bits per heavy atom. The summed E-state index contributed by atoms with van der Waals surface area (Å²) in [6.07, 6.45) is -2.75. The summed E-state index contributed by atoms with van der Waals surface area (Å²) < 4.78 is 29.6. The average Bonchev–Trinajstić information content (AvgIpc) is 3.28. The number of aromatic nitrogens is 4. The van der Waals surface area contributed by atoms with Crippen molar-refractivity contribution < 1.29 is 38.5 Å². The third-order valence-electron chi connectivity index (χ3n) is 5.41. The fraction of sp³-hybridized carbons (Fsp3) is 0.667. The molecule has 1 aliphatic rings. The summed E-state index contributed by atoms with van der Waals surface area (Å²) in [5, 5.41) is 30.4. The number of aromatic amines is 1. The minimum absolute atomic E-state index is 0.0227. The van der Waals surface area contributed by atoms with Crippen LogP contribution >= 0.6 is 19.5 Å². The maximum atomic E-state index is 12.4. The normalized spacial score (nSPS) is 26.8. The van der Waals surface area contributed by atoms with E-state index in [0.717, 1.165) is 11.8 Å². The highest BCUT2D eigenvalue weighted by atomic mass is 32.2. The molecule has 196 valence electrons. The van der Waals surface area contributed by atoms with E-state index in [2.05, 4.69) is 15.0 Å². The van der Waals surface area contributed by atoms with Crippen LogP contribution in [0.1, 0.15) is 27.0 Å². The van der Waals surface area contributed by atoms with Crippen LogP contribution in [0, 0.1) is 5.41 Å². The van der Waals surface area contributed by atoms with Crippen molar-refractivity contribution in [2.24, 2.45) is 10.9 Å². The van der Waals surface area contributed by atoms with Crippen LogP contribution in [0.4, 0.5) is 5.95 Å². The van der Waals surface area contributed by atoms with Gasteiger partial charge in [-0.25, -0.2) is 15.1 Å². The molecule has 15 nitrogen and oxygen atoms in total. The van der Waals surface area contributed by atoms with E-state index < -0.39 is 49.4 Å². The Balaban J connectivity index is 1.61. The Morgan fingerprint density at radius 3 is 2.80 bits per heavy atom. The van der Waals surface area contributed by atoms with Crippen molar-refractivity contribution in [3.63, 3.8) is 0 Å². The van der Waals surface area contributed by atoms with E-state index in [9.17, 15) is 29.5 Å². The number of nitrogens with two attached hydrogens (primary N) is 2. The number of thioether (sulfide) groups is 1. The molecule has 0 bridgehead atoms. The van der Waals surface area contributed by atoms with Gasteiger partial charge in [-0.1, -0.05) is 11.8 Å². The van der Waals surface area contributed by atoms with Crippen LogP contribution in [0.25, 0.3) is 11.2 Å². The van der Waals surface area contributed by atoms with Crippen molar-refractivity contribution in [1.82, 2.24) is 19.5 Å². The quantitative estimate of drug-likeness (QED) is 0.159. The molecule has 0 saturated carbocycles. The molecule has 8 N–H and O–H groups in total. The number of nitrogen functional groups attached to an aromatic ring is 1. The number of hydrogen-bond donors (Lipinski definition) is 6. The zero-order chi connectivity index (χ0) is 26.2. The van der Waals surface area contributed by atoms with Crippen molar-refractivity contribution in [3.8, 4) is 0 Å². The summed E-state index contributed by atoms with van der Waals surface area (Å²) in [5.41, 5.74) is 7.73. The number of anilines is 1. The fourth-order valence-corrected chi connectivity index (χ4v) is 4.97. The smallest absolute Gasteiger partial charge is 0.395 e. The standard InChI is InChI=1S/C18H29N6O9PS/c1-17(2,7-25)15(28)35-5-4-31-34(20,30)32-6-9-11(26)18(3,29)14(33-9)24-8-21-10-12(24)22-16(19)23-13(10)27/h8-9,11,14,25-26,29H,4-7H2,1-3H3,(H2,20,30)(H3,19,22,23,27)/t9-,11?,14-,18-,34?/m1/s1. The zero-order valence-electron chi connectivity index (χ0n) is 19.3. The molecule has 1 aliphatic heterocycles. The highest BCUT2D eigenvalue weighted by molar-refractivity contribution is 8.13. The summed E-state index contributed by atoms with van der Waals surface area (Å²) >= 11 is 0.892. The second kappa shape index (κ2) is 10.2. The highest BCUT2D eigenvalue weighted by Crippen LogP contribution is 2.43. The Kier molecular flexibility index (Phi) is 8.10. The first-order chi connectivity index (χ1) is 16.2. The van der Waals surface area contributed by atoms with Gasteiger partial charge in [-0.2, -0.15) is 4.98 Å². The van der Waals surface area contributed by atoms with E-state index in [-0.39, 0.29) is 41.2 Å². The lowest BCUT2D eigenvalue weighted by Crippen LogP contribution is -2.44. The minimum atomic E-state index is -4.09. The Morgan fingerprint density at radius 1 is 1.46 bits per heavy atom. The van der Waals surface area contributed by atoms with Crippen molar-refractivity contribution in [3.05, 3.63) is 16.7 Å². The second-order valence-electron chi connectivity index (χ2n) is 8.82. The van der Waals surface area contributed by atoms with Crippen LogP contribution in [-0.4, -0.2) is 83.3 Å². The number of aliphatic hydroxyl groups excluding tert-OH is 2. The fourth-order valence-electron chi connectivity index (χ4n) is 3.27. The number of ether oxygens (including phenoxy) is 1. The van der Waals surface area contributed by atoms with Gasteiger partial charge in [0, 0.05) is 5.75 Å². The van der Waals surface area contributed by atoms with Crippen molar-refractivity contribution in [1.29, 1.82) is 0 Å². The molecule has 2 unspecified atom stereocenters. The lowest BCUT2D eigenvalue weighted by molar-refractivity contribution is -0.119. The molecule has 1 fully saturated rings. The first kappa shape index (κ1) is 27.7. The van der Waals surface area contributed by atoms with Crippen molar-refractivity contribution in [2.45, 2.75) is 44.8 Å². The summed E-state index contributed by atoms with van der Waals surface area (Å²) in [4.78, 5) is 34.3. The van der Waals surface area contributed by atoms with Gasteiger partial charge >= 0.3 is 7.75 Å². The summed E-state index contributed by atoms with van der Waals surface area (Å²) in [6, 6.07) is 0. The molecule has 0 aliphatic carbocycles. The maximum absolute atomic E-state index is 12.4. The van der Waals surface area contributed by atoms with Crippen molar-refractivity contribution >= 4 is 41.7 Å². The predicted octanol–water partition coefficient (Wildman–Crippen LogP) is -0.911. The van der Waals surface area contributed by atoms with Gasteiger partial charge in [-0.05, 0) is 20.8 Å². The number of fused-ring (bicyclic) bond motifs is 1. The molecule has 35 heavy (non-hydrogen) atoms. The van der Waals surface area contributed by atoms with Gasteiger partial charge < -0.3 is 25.8 Å². The van der Waals surface area contributed by atoms with Crippen LogP contribution < -0.4 is 16.8 Å². The molecule has 0 aromatic carbocycles. The number of carbonyl (C=O) groups excluding carboxylic acids is 1. The number of hydrogen-bond acceptors (Lipinski definition) is 13. The van der Waals surface area contributed by atoms with E-state index in [1.54, 1.807) is 13.8 Å². The van der Waals surface area contributed by atoms with Crippen LogP contribution in [0.15, 0.2) is 11.1 Å². The number of rotatable bonds is 10. The summed E-state index contributed by atoms with van der Waals surface area (Å²) in [6.45, 7) is 3.47. The minimum Gasteiger partial charge on any atom is -0.395 e. The Hall–Kier alpha value is -1.88. The highest BCUT2D eigenvalue weighted by Gasteiger charge is 2.54. The second-order valence-corrected chi connectivity index (χ2v) is 11.5. The third-order valence-corrected chi connectivity index (χ3v) is 7.65. The van der Waals surface area contributed by atoms with Crippen LogP contribution in [0.3, 0.4) is 0 Å². The maximum Gasteiger partial charge on any atom is 0.402 e. The number of carbonyl (C=O) groups is 1. The van der Waals surface area contributed by atoms with E-state index in [1.165, 1.54) is 17.8 Å². The number of aliphatic hydroxyl groups is 3. The van der Waals surface area contributed by atoms with E-state index in [0.29, 0.717) is 0 Å². The van der Waals surface area contributed by atoms with Gasteiger partial charge in [0.25, 0.3) is 5.56 Å². The SMILES string of the molecule is CC(C)(CO)C(=O)SCCOP(N)(=O)OC[C@H]1O[C@@H](n2cnc3c(=O)[nH]c(N)nc32)[C@](C)(O)C1O. The molecule has 2 aromatic rings. The molecule has 2 aromatic heterocycles. The Bertz CT molecular complexity index is 1180. The van der Waals surface area contributed by atoms with E-state index in [1.807, 2.05) is 0 Å². The van der Waals surface area contributed by atoms with E-state index in [4.69, 9.17) is 25.0 Å². The van der Waals surface area contributed by atoms with E-state index >= 15 is 0 Å². The van der Waals surface area contributed by atoms with Gasteiger partial charge in [0.05, 0.1) is 31.6 Å². The van der Waals surface area contributed by atoms with Gasteiger partial charge in [0.15, 0.2) is 22.5 Å². The van der Waals surface area contributed by atoms with Crippen LogP contribution in [-0.2, 0) is 23.1 Å². The van der Waals surface area contributed by atoms with Gasteiger partial charge in [-0.15, -0.1) is 0 Å². The molecule has 3 rings (SSSR count). The lowest BCUT2D eigenvalue weighted by atomic mass is 9.96. The molecule has 5 atom stereocenters. The Labute approximate surface area is 203 Å². The molecule has 0 spiro atoms. The summed E-state index contributed by atoms with van der Waals surface area (Å²) in [5.74, 6) is -0.0573. The number of nitrogens with zero attached hydrogens (tertiary/aromatic N) is 3. The molecule has 3 heterocycles. The molecular formula is C18H29N6O9PS. The molecule has 0 radical (unpaired) electrons. The first-order valence-corrected chi connectivity index (χ1v) is 13.0. The van der Waals surface area contributed by atoms with Crippen LogP contribution in [0.5, 0.6) is 0 Å². The average molecular weight is 537 g/mol. The zero-order valence-corrected chi connectivity index (χ0v) is 21.0. The number of H-pyrrole nitrogens is 1.